The summed E-state index contributed by atoms with van der Waals surface area (Å²) in [6.45, 7) is 13.5. The van der Waals surface area contributed by atoms with E-state index in [9.17, 15) is 0 Å². The second-order valence-electron chi connectivity index (χ2n) is 9.74. The van der Waals surface area contributed by atoms with Crippen LogP contribution in [0.2, 0.25) is 0 Å². The van der Waals surface area contributed by atoms with Crippen molar-refractivity contribution < 1.29 is 0 Å². The molecule has 0 aliphatic heterocycles. The number of hydrogen-bond acceptors (Lipinski definition) is 0. The predicted octanol–water partition coefficient (Wildman–Crippen LogP) is 5.87. The minimum atomic E-state index is 0.186. The fraction of sp³-hybridized carbons (Fsp3) is 0.308. The number of rotatable bonds is 2. The molecule has 0 unspecified atom stereocenters. The molecule has 0 bridgehead atoms. The first kappa shape index (κ1) is 19.5. The van der Waals surface area contributed by atoms with Crippen molar-refractivity contribution in [3.8, 4) is 22.3 Å². The van der Waals surface area contributed by atoms with Gasteiger partial charge in [0.2, 0.25) is 0 Å². The monoisotopic (exact) mass is 354 g/mol. The van der Waals surface area contributed by atoms with Gasteiger partial charge in [0.1, 0.15) is 7.85 Å². The van der Waals surface area contributed by atoms with Gasteiger partial charge in [-0.2, -0.15) is 0 Å². The normalized spacial score (nSPS) is 12.2. The molecule has 27 heavy (non-hydrogen) atoms. The average Bonchev–Trinajstić information content (AvgIpc) is 2.60. The van der Waals surface area contributed by atoms with Crippen LogP contribution in [0.25, 0.3) is 22.3 Å². The van der Waals surface area contributed by atoms with Gasteiger partial charge in [-0.3, -0.25) is 0 Å². The van der Waals surface area contributed by atoms with Crippen LogP contribution in [0.5, 0.6) is 0 Å². The molecule has 0 atom stereocenters. The summed E-state index contributed by atoms with van der Waals surface area (Å²) in [6.07, 6.45) is 0. The van der Waals surface area contributed by atoms with Crippen molar-refractivity contribution in [3.05, 3.63) is 77.9 Å². The van der Waals surface area contributed by atoms with Gasteiger partial charge in [0.15, 0.2) is 0 Å². The minimum Gasteiger partial charge on any atom is -0.0877 e. The van der Waals surface area contributed by atoms with E-state index in [2.05, 4.69) is 116 Å². The van der Waals surface area contributed by atoms with Crippen LogP contribution in [-0.4, -0.2) is 7.85 Å². The Hall–Kier alpha value is -2.28. The fourth-order valence-electron chi connectivity index (χ4n) is 3.44. The molecule has 0 radical (unpaired) electrons. The Balaban J connectivity index is 1.97. The third kappa shape index (κ3) is 4.53. The third-order valence-electron chi connectivity index (χ3n) is 5.25. The summed E-state index contributed by atoms with van der Waals surface area (Å²) in [5, 5.41) is 0. The Labute approximate surface area is 166 Å². The van der Waals surface area contributed by atoms with E-state index >= 15 is 0 Å². The zero-order valence-electron chi connectivity index (χ0n) is 17.9. The highest BCUT2D eigenvalue weighted by Gasteiger charge is 2.14. The molecule has 3 rings (SSSR count). The molecule has 0 aromatic heterocycles. The first-order valence-electron chi connectivity index (χ1n) is 9.87. The van der Waals surface area contributed by atoms with E-state index in [0.29, 0.717) is 0 Å². The molecule has 0 heterocycles. The SMILES string of the molecule is Bc1cc(-c2ccc(C(C)(C)C)cc2)cc(-c2ccc(C(C)(C)C)cc2)c1. The molecule has 0 aliphatic carbocycles. The molecule has 0 aliphatic rings. The number of hydrogen-bond donors (Lipinski definition) is 0. The van der Waals surface area contributed by atoms with Crippen molar-refractivity contribution in [2.45, 2.75) is 52.4 Å². The third-order valence-corrected chi connectivity index (χ3v) is 5.25. The van der Waals surface area contributed by atoms with E-state index in [-0.39, 0.29) is 10.8 Å². The van der Waals surface area contributed by atoms with Crippen molar-refractivity contribution in [1.29, 1.82) is 0 Å². The van der Waals surface area contributed by atoms with Gasteiger partial charge < -0.3 is 0 Å². The van der Waals surface area contributed by atoms with Gasteiger partial charge in [0.25, 0.3) is 0 Å². The summed E-state index contributed by atoms with van der Waals surface area (Å²) in [5.41, 5.74) is 9.53. The van der Waals surface area contributed by atoms with Crippen molar-refractivity contribution in [1.82, 2.24) is 0 Å². The highest BCUT2D eigenvalue weighted by atomic mass is 14.2. The zero-order chi connectivity index (χ0) is 19.8. The summed E-state index contributed by atoms with van der Waals surface area (Å²) < 4.78 is 0. The van der Waals surface area contributed by atoms with Crippen molar-refractivity contribution in [2.24, 2.45) is 0 Å². The van der Waals surface area contributed by atoms with Crippen LogP contribution in [0.1, 0.15) is 52.7 Å². The van der Waals surface area contributed by atoms with Gasteiger partial charge in [0, 0.05) is 0 Å². The topological polar surface area (TPSA) is 0 Å². The van der Waals surface area contributed by atoms with E-state index in [1.807, 2.05) is 0 Å². The standard InChI is InChI=1S/C26H31B/c1-25(2,3)22-11-7-18(8-12-22)20-15-21(17-24(27)16-20)19-9-13-23(14-10-19)26(4,5)6/h7-17H,27H2,1-6H3. The maximum absolute atomic E-state index is 2.31. The van der Waals surface area contributed by atoms with Crippen LogP contribution in [0.15, 0.2) is 66.7 Å². The van der Waals surface area contributed by atoms with Crippen molar-refractivity contribution in [2.75, 3.05) is 0 Å². The van der Waals surface area contributed by atoms with Gasteiger partial charge in [-0.05, 0) is 50.3 Å². The van der Waals surface area contributed by atoms with E-state index in [1.165, 1.54) is 38.8 Å². The molecule has 0 amide bonds. The van der Waals surface area contributed by atoms with E-state index in [1.54, 1.807) is 0 Å². The fourth-order valence-corrected chi connectivity index (χ4v) is 3.44. The summed E-state index contributed by atoms with van der Waals surface area (Å²) in [7, 11) is 2.18. The maximum Gasteiger partial charge on any atom is 0.139 e. The summed E-state index contributed by atoms with van der Waals surface area (Å²) in [4.78, 5) is 0. The summed E-state index contributed by atoms with van der Waals surface area (Å²) in [6, 6.07) is 24.9. The van der Waals surface area contributed by atoms with E-state index < -0.39 is 0 Å². The Morgan fingerprint density at radius 2 is 0.815 bits per heavy atom. The summed E-state index contributed by atoms with van der Waals surface area (Å²) >= 11 is 0. The van der Waals surface area contributed by atoms with E-state index in [0.717, 1.165) is 0 Å². The second kappa shape index (κ2) is 7.04. The van der Waals surface area contributed by atoms with Gasteiger partial charge in [-0.15, -0.1) is 0 Å². The predicted molar refractivity (Wildman–Crippen MR) is 123 cm³/mol. The Morgan fingerprint density at radius 3 is 1.11 bits per heavy atom. The molecule has 0 saturated carbocycles. The first-order valence-corrected chi connectivity index (χ1v) is 9.87. The Kier molecular flexibility index (Phi) is 5.08. The summed E-state index contributed by atoms with van der Waals surface area (Å²) in [5.74, 6) is 0. The van der Waals surface area contributed by atoms with E-state index in [4.69, 9.17) is 0 Å². The molecular weight excluding hydrogens is 323 g/mol. The lowest BCUT2D eigenvalue weighted by Gasteiger charge is -2.20. The molecule has 138 valence electrons. The van der Waals surface area contributed by atoms with Crippen molar-refractivity contribution in [3.63, 3.8) is 0 Å². The number of benzene rings is 3. The Morgan fingerprint density at radius 1 is 0.481 bits per heavy atom. The molecule has 1 heteroatoms. The average molecular weight is 354 g/mol. The minimum absolute atomic E-state index is 0.186. The van der Waals surface area contributed by atoms with Crippen LogP contribution in [-0.2, 0) is 10.8 Å². The molecular formula is C26H31B. The largest absolute Gasteiger partial charge is 0.139 e. The molecule has 0 saturated heterocycles. The van der Waals surface area contributed by atoms with Gasteiger partial charge in [-0.1, -0.05) is 108 Å². The molecule has 3 aromatic carbocycles. The van der Waals surface area contributed by atoms with Crippen LogP contribution >= 0.6 is 0 Å². The lowest BCUT2D eigenvalue weighted by atomic mass is 9.84. The Bertz CT molecular complexity index is 842. The molecule has 0 spiro atoms. The lowest BCUT2D eigenvalue weighted by molar-refractivity contribution is 0.590. The van der Waals surface area contributed by atoms with Crippen molar-refractivity contribution >= 4 is 13.3 Å². The van der Waals surface area contributed by atoms with Gasteiger partial charge in [0.05, 0.1) is 0 Å². The van der Waals surface area contributed by atoms with Crippen LogP contribution in [0.4, 0.5) is 0 Å². The van der Waals surface area contributed by atoms with Crippen LogP contribution in [0.3, 0.4) is 0 Å². The highest BCUT2D eigenvalue weighted by molar-refractivity contribution is 6.33. The quantitative estimate of drug-likeness (QED) is 0.505. The van der Waals surface area contributed by atoms with Crippen LogP contribution in [0, 0.1) is 0 Å². The van der Waals surface area contributed by atoms with Gasteiger partial charge >= 0.3 is 0 Å². The lowest BCUT2D eigenvalue weighted by Crippen LogP contribution is -2.10. The zero-order valence-corrected chi connectivity index (χ0v) is 17.9. The molecule has 0 nitrogen and oxygen atoms in total. The second-order valence-corrected chi connectivity index (χ2v) is 9.74. The molecule has 0 N–H and O–H groups in total. The molecule has 0 fully saturated rings. The smallest absolute Gasteiger partial charge is 0.0877 e. The maximum atomic E-state index is 2.31. The highest BCUT2D eigenvalue weighted by Crippen LogP contribution is 2.30. The van der Waals surface area contributed by atoms with Crippen LogP contribution < -0.4 is 5.46 Å². The first-order chi connectivity index (χ1) is 12.5. The molecule has 3 aromatic rings. The van der Waals surface area contributed by atoms with Gasteiger partial charge in [-0.25, -0.2) is 0 Å².